The highest BCUT2D eigenvalue weighted by Crippen LogP contribution is 2.36. The van der Waals surface area contributed by atoms with Gasteiger partial charge in [-0.1, -0.05) is 0 Å². The second-order valence-electron chi connectivity index (χ2n) is 7.17. The van der Waals surface area contributed by atoms with Gasteiger partial charge in [0.25, 0.3) is 0 Å². The Morgan fingerprint density at radius 2 is 1.85 bits per heavy atom. The van der Waals surface area contributed by atoms with Gasteiger partial charge in [0.15, 0.2) is 0 Å². The average Bonchev–Trinajstić information content (AvgIpc) is 2.97. The molecule has 3 rings (SSSR count). The highest BCUT2D eigenvalue weighted by atomic mass is 16.5. The lowest BCUT2D eigenvalue weighted by atomic mass is 9.78. The number of piperidine rings is 1. The van der Waals surface area contributed by atoms with Crippen molar-refractivity contribution in [2.45, 2.75) is 31.2 Å². The van der Waals surface area contributed by atoms with Crippen LogP contribution in [0.25, 0.3) is 0 Å². The largest absolute Gasteiger partial charge is 0.494 e. The normalized spacial score (nSPS) is 21.8. The van der Waals surface area contributed by atoms with E-state index in [0.29, 0.717) is 25.2 Å². The fraction of sp³-hybridized carbons (Fsp3) is 0.526. The summed E-state index contributed by atoms with van der Waals surface area (Å²) in [7, 11) is 0. The van der Waals surface area contributed by atoms with Gasteiger partial charge in [0.2, 0.25) is 5.91 Å². The molecule has 3 N–H and O–H groups in total. The Hall–Kier alpha value is -2.61. The Labute approximate surface area is 157 Å². The molecule has 2 fully saturated rings. The number of carboxylic acids is 2. The third kappa shape index (κ3) is 4.39. The van der Waals surface area contributed by atoms with Gasteiger partial charge >= 0.3 is 11.9 Å². The number of aliphatic carboxylic acids is 1. The predicted octanol–water partition coefficient (Wildman–Crippen LogP) is 1.21. The number of ether oxygens (including phenoxy) is 1. The zero-order chi connectivity index (χ0) is 19.4. The summed E-state index contributed by atoms with van der Waals surface area (Å²) in [6, 6.07) is 6.30. The van der Waals surface area contributed by atoms with Crippen molar-refractivity contribution in [1.29, 1.82) is 0 Å². The standard InChI is InChI=1S/C19H24N2O6/c22-16-12-15(18(25)26)19(20-16)6-9-21(10-7-19)8-1-11-27-14-4-2-13(3-5-14)17(23)24/h2-5,15H,1,6-12H2,(H,20,22)(H,23,24)(H,25,26)/t15-/m1/s1. The van der Waals surface area contributed by atoms with Gasteiger partial charge in [0.05, 0.1) is 23.6 Å². The SMILES string of the molecule is O=C1C[C@H](C(=O)O)C2(CCN(CCCOc3ccc(C(=O)O)cc3)CC2)N1. The van der Waals surface area contributed by atoms with Gasteiger partial charge in [-0.2, -0.15) is 0 Å². The van der Waals surface area contributed by atoms with Gasteiger partial charge in [0, 0.05) is 26.1 Å². The Morgan fingerprint density at radius 3 is 2.44 bits per heavy atom. The van der Waals surface area contributed by atoms with Crippen LogP contribution in [-0.4, -0.2) is 64.7 Å². The van der Waals surface area contributed by atoms with Crippen LogP contribution in [0.3, 0.4) is 0 Å². The van der Waals surface area contributed by atoms with E-state index in [9.17, 15) is 19.5 Å². The van der Waals surface area contributed by atoms with Crippen molar-refractivity contribution in [3.8, 4) is 5.75 Å². The number of nitrogens with one attached hydrogen (secondary N) is 1. The lowest BCUT2D eigenvalue weighted by molar-refractivity contribution is -0.144. The first-order chi connectivity index (χ1) is 12.9. The summed E-state index contributed by atoms with van der Waals surface area (Å²) in [5, 5.41) is 21.2. The number of hydrogen-bond donors (Lipinski definition) is 3. The summed E-state index contributed by atoms with van der Waals surface area (Å²) in [5.74, 6) is -2.03. The maximum absolute atomic E-state index is 11.7. The highest BCUT2D eigenvalue weighted by Gasteiger charge is 2.51. The molecule has 2 aliphatic rings. The van der Waals surface area contributed by atoms with Crippen LogP contribution >= 0.6 is 0 Å². The Bertz CT molecular complexity index is 709. The fourth-order valence-corrected chi connectivity index (χ4v) is 3.94. The van der Waals surface area contributed by atoms with Crippen LogP contribution in [0.2, 0.25) is 0 Å². The second-order valence-corrected chi connectivity index (χ2v) is 7.17. The zero-order valence-corrected chi connectivity index (χ0v) is 15.0. The Morgan fingerprint density at radius 1 is 1.19 bits per heavy atom. The minimum Gasteiger partial charge on any atom is -0.494 e. The van der Waals surface area contributed by atoms with E-state index in [1.807, 2.05) is 0 Å². The van der Waals surface area contributed by atoms with E-state index in [1.165, 1.54) is 12.1 Å². The molecule has 0 bridgehead atoms. The summed E-state index contributed by atoms with van der Waals surface area (Å²) in [4.78, 5) is 36.2. The molecule has 1 spiro atoms. The first-order valence-corrected chi connectivity index (χ1v) is 9.12. The molecule has 2 saturated heterocycles. The number of carbonyl (C=O) groups excluding carboxylic acids is 1. The topological polar surface area (TPSA) is 116 Å². The number of carboxylic acid groups (broad SMARTS) is 2. The molecule has 0 saturated carbocycles. The molecule has 1 amide bonds. The fourth-order valence-electron chi connectivity index (χ4n) is 3.94. The lowest BCUT2D eigenvalue weighted by Crippen LogP contribution is -2.55. The van der Waals surface area contributed by atoms with Crippen molar-refractivity contribution in [2.75, 3.05) is 26.2 Å². The van der Waals surface area contributed by atoms with Crippen LogP contribution in [0.1, 0.15) is 36.0 Å². The molecule has 0 unspecified atom stereocenters. The van der Waals surface area contributed by atoms with E-state index in [-0.39, 0.29) is 17.9 Å². The van der Waals surface area contributed by atoms with E-state index in [2.05, 4.69) is 10.2 Å². The van der Waals surface area contributed by atoms with Crippen LogP contribution in [0.4, 0.5) is 0 Å². The molecule has 8 nitrogen and oxygen atoms in total. The smallest absolute Gasteiger partial charge is 0.335 e. The first-order valence-electron chi connectivity index (χ1n) is 9.12. The van der Waals surface area contributed by atoms with E-state index >= 15 is 0 Å². The van der Waals surface area contributed by atoms with Gasteiger partial charge in [-0.15, -0.1) is 0 Å². The number of nitrogens with zero attached hydrogens (tertiary/aromatic N) is 1. The molecule has 1 aromatic rings. The summed E-state index contributed by atoms with van der Waals surface area (Å²) in [5.41, 5.74) is -0.370. The first kappa shape index (κ1) is 19.2. The number of aromatic carboxylic acids is 1. The molecule has 27 heavy (non-hydrogen) atoms. The molecular formula is C19H24N2O6. The van der Waals surface area contributed by atoms with Crippen LogP contribution in [0.15, 0.2) is 24.3 Å². The summed E-state index contributed by atoms with van der Waals surface area (Å²) < 4.78 is 5.63. The van der Waals surface area contributed by atoms with E-state index in [1.54, 1.807) is 12.1 Å². The molecule has 2 aliphatic heterocycles. The van der Waals surface area contributed by atoms with Gasteiger partial charge < -0.3 is 25.2 Å². The highest BCUT2D eigenvalue weighted by molar-refractivity contribution is 5.88. The number of rotatable bonds is 7. The third-order valence-corrected chi connectivity index (χ3v) is 5.48. The lowest BCUT2D eigenvalue weighted by Gasteiger charge is -2.41. The van der Waals surface area contributed by atoms with Gasteiger partial charge in [-0.25, -0.2) is 4.79 Å². The Kier molecular flexibility index (Phi) is 5.65. The van der Waals surface area contributed by atoms with Crippen LogP contribution in [-0.2, 0) is 9.59 Å². The number of hydrogen-bond acceptors (Lipinski definition) is 5. The van der Waals surface area contributed by atoms with Crippen LogP contribution in [0, 0.1) is 5.92 Å². The van der Waals surface area contributed by atoms with Gasteiger partial charge in [-0.05, 0) is 43.5 Å². The van der Waals surface area contributed by atoms with Crippen molar-refractivity contribution in [3.63, 3.8) is 0 Å². The minimum absolute atomic E-state index is 0.0733. The zero-order valence-electron chi connectivity index (χ0n) is 15.0. The van der Waals surface area contributed by atoms with Crippen molar-refractivity contribution >= 4 is 17.8 Å². The maximum atomic E-state index is 11.7. The maximum Gasteiger partial charge on any atom is 0.335 e. The summed E-state index contributed by atoms with van der Waals surface area (Å²) in [6.07, 6.45) is 2.17. The number of amides is 1. The Balaban J connectivity index is 1.40. The van der Waals surface area contributed by atoms with Crippen molar-refractivity contribution in [2.24, 2.45) is 5.92 Å². The quantitative estimate of drug-likeness (QED) is 0.613. The van der Waals surface area contributed by atoms with E-state index < -0.39 is 23.4 Å². The van der Waals surface area contributed by atoms with E-state index in [0.717, 1.165) is 26.1 Å². The van der Waals surface area contributed by atoms with Crippen molar-refractivity contribution in [3.05, 3.63) is 29.8 Å². The molecule has 0 aliphatic carbocycles. The molecule has 1 aromatic carbocycles. The number of benzene rings is 1. The molecule has 0 aromatic heterocycles. The molecule has 8 heteroatoms. The molecule has 1 atom stereocenters. The second kappa shape index (κ2) is 7.96. The summed E-state index contributed by atoms with van der Waals surface area (Å²) >= 11 is 0. The van der Waals surface area contributed by atoms with Gasteiger partial charge in [-0.3, -0.25) is 9.59 Å². The van der Waals surface area contributed by atoms with Crippen LogP contribution < -0.4 is 10.1 Å². The molecule has 0 radical (unpaired) electrons. The van der Waals surface area contributed by atoms with Crippen molar-refractivity contribution < 1.29 is 29.3 Å². The van der Waals surface area contributed by atoms with Crippen LogP contribution in [0.5, 0.6) is 5.75 Å². The van der Waals surface area contributed by atoms with Crippen molar-refractivity contribution in [1.82, 2.24) is 10.2 Å². The average molecular weight is 376 g/mol. The van der Waals surface area contributed by atoms with Gasteiger partial charge in [0.1, 0.15) is 5.75 Å². The van der Waals surface area contributed by atoms with E-state index in [4.69, 9.17) is 9.84 Å². The summed E-state index contributed by atoms with van der Waals surface area (Å²) in [6.45, 7) is 2.84. The monoisotopic (exact) mass is 376 g/mol. The molecule has 2 heterocycles. The molecule has 146 valence electrons. The minimum atomic E-state index is -0.965. The third-order valence-electron chi connectivity index (χ3n) is 5.48. The number of likely N-dealkylation sites (tertiary alicyclic amines) is 1. The number of carbonyl (C=O) groups is 3. The molecular weight excluding hydrogens is 352 g/mol. The predicted molar refractivity (Wildman–Crippen MR) is 95.8 cm³/mol.